The average Bonchev–Trinajstić information content (AvgIpc) is 3.57. The molecule has 0 amide bonds. The number of anilines is 2. The molecular formula is C33H22Cl3N5S. The molecule has 2 N–H and O–H groups in total. The van der Waals surface area contributed by atoms with Crippen LogP contribution in [-0.2, 0) is 0 Å². The van der Waals surface area contributed by atoms with Crippen LogP contribution < -0.4 is 5.32 Å². The van der Waals surface area contributed by atoms with E-state index in [1.54, 1.807) is 12.1 Å². The van der Waals surface area contributed by atoms with Gasteiger partial charge in [0.15, 0.2) is 0 Å². The Bertz CT molecular complexity index is 1910. The Hall–Kier alpha value is -4.20. The van der Waals surface area contributed by atoms with E-state index in [2.05, 4.69) is 122 Å². The number of halogens is 3. The van der Waals surface area contributed by atoms with Gasteiger partial charge in [0.1, 0.15) is 0 Å². The third-order valence-electron chi connectivity index (χ3n) is 6.40. The van der Waals surface area contributed by atoms with Crippen molar-refractivity contribution in [2.75, 3.05) is 5.32 Å². The van der Waals surface area contributed by atoms with E-state index in [1.165, 1.54) is 42.0 Å². The Balaban J connectivity index is 0.000000113. The first-order valence-electron chi connectivity index (χ1n) is 13.0. The Morgan fingerprint density at radius 1 is 0.500 bits per heavy atom. The summed E-state index contributed by atoms with van der Waals surface area (Å²) in [5.41, 5.74) is 3.09. The van der Waals surface area contributed by atoms with Crippen LogP contribution in [0.1, 0.15) is 0 Å². The van der Waals surface area contributed by atoms with Crippen molar-refractivity contribution in [2.45, 2.75) is 0 Å². The highest BCUT2D eigenvalue weighted by molar-refractivity contribution is 7.25. The maximum absolute atomic E-state index is 5.95. The molecule has 0 aliphatic rings. The van der Waals surface area contributed by atoms with Crippen molar-refractivity contribution < 1.29 is 0 Å². The summed E-state index contributed by atoms with van der Waals surface area (Å²) in [4.78, 5) is 14.7. The molecule has 0 unspecified atom stereocenters. The Kier molecular flexibility index (Phi) is 8.49. The third-order valence-corrected chi connectivity index (χ3v) is 8.22. The Morgan fingerprint density at radius 2 is 0.952 bits per heavy atom. The third kappa shape index (κ3) is 6.32. The molecule has 0 aliphatic carbocycles. The summed E-state index contributed by atoms with van der Waals surface area (Å²) >= 11 is 19.1. The Labute approximate surface area is 260 Å². The van der Waals surface area contributed by atoms with Crippen LogP contribution in [0.25, 0.3) is 42.0 Å². The highest BCUT2D eigenvalue weighted by Gasteiger charge is 2.05. The first-order valence-corrected chi connectivity index (χ1v) is 14.9. The number of rotatable bonds is 2. The fraction of sp³-hybridized carbons (Fsp3) is 0. The van der Waals surface area contributed by atoms with Gasteiger partial charge >= 0.3 is 0 Å². The van der Waals surface area contributed by atoms with Crippen LogP contribution in [0.4, 0.5) is 11.6 Å². The molecule has 5 nitrogen and oxygen atoms in total. The minimum Gasteiger partial charge on any atom is -0.355 e. The summed E-state index contributed by atoms with van der Waals surface area (Å²) in [5.74, 6) is 0.248. The number of aromatic nitrogens is 4. The SMILES string of the molecule is Clc1nc(Cl)nc(Nc2ccccc2Cl)n1.c1ccc2c(c1)[nH]c1ccccc12.c1ccc2c(c1)sc1ccccc12. The number of hydrogen-bond acceptors (Lipinski definition) is 5. The van der Waals surface area contributed by atoms with Gasteiger partial charge < -0.3 is 10.3 Å². The molecule has 3 heterocycles. The molecule has 5 aromatic carbocycles. The van der Waals surface area contributed by atoms with Crippen LogP contribution in [0.5, 0.6) is 0 Å². The zero-order valence-electron chi connectivity index (χ0n) is 21.9. The maximum atomic E-state index is 5.95. The minimum absolute atomic E-state index is 0.0227. The van der Waals surface area contributed by atoms with Gasteiger partial charge in [0, 0.05) is 42.0 Å². The zero-order chi connectivity index (χ0) is 28.9. The predicted molar refractivity (Wildman–Crippen MR) is 180 cm³/mol. The lowest BCUT2D eigenvalue weighted by Gasteiger charge is -2.06. The molecule has 0 aliphatic heterocycles. The molecule has 3 aromatic heterocycles. The number of para-hydroxylation sites is 3. The molecule has 42 heavy (non-hydrogen) atoms. The van der Waals surface area contributed by atoms with Gasteiger partial charge in [0.05, 0.1) is 10.7 Å². The van der Waals surface area contributed by atoms with E-state index in [1.807, 2.05) is 23.5 Å². The maximum Gasteiger partial charge on any atom is 0.232 e. The van der Waals surface area contributed by atoms with E-state index in [0.717, 1.165) is 0 Å². The van der Waals surface area contributed by atoms with Gasteiger partial charge in [-0.2, -0.15) is 15.0 Å². The quantitative estimate of drug-likeness (QED) is 0.200. The summed E-state index contributed by atoms with van der Waals surface area (Å²) in [6.45, 7) is 0. The number of H-pyrrole nitrogens is 1. The molecule has 0 saturated carbocycles. The number of thiophene rings is 1. The van der Waals surface area contributed by atoms with Crippen LogP contribution in [0.15, 0.2) is 121 Å². The van der Waals surface area contributed by atoms with E-state index in [0.29, 0.717) is 10.7 Å². The molecule has 0 saturated heterocycles. The van der Waals surface area contributed by atoms with Gasteiger partial charge in [-0.25, -0.2) is 0 Å². The highest BCUT2D eigenvalue weighted by Crippen LogP contribution is 2.33. The number of aromatic amines is 1. The monoisotopic (exact) mass is 625 g/mol. The van der Waals surface area contributed by atoms with Gasteiger partial charge in [-0.3, -0.25) is 0 Å². The standard InChI is InChI=1S/C12H9N.C12H8S.C9H5Cl3N4/c2*1-3-7-11-9(5-1)10-6-2-4-8-12(10)13-11;10-5-3-1-2-4-6(5)13-9-15-7(11)14-8(12)16-9/h1-8,13H;1-8H;1-4H,(H,13,14,15,16). The smallest absolute Gasteiger partial charge is 0.232 e. The van der Waals surface area contributed by atoms with E-state index >= 15 is 0 Å². The predicted octanol–water partition coefficient (Wildman–Crippen LogP) is 11.0. The average molecular weight is 627 g/mol. The van der Waals surface area contributed by atoms with Crippen LogP contribution in [-0.4, -0.2) is 19.9 Å². The highest BCUT2D eigenvalue weighted by atomic mass is 35.5. The molecule has 8 aromatic rings. The first-order chi connectivity index (χ1) is 20.5. The molecule has 206 valence electrons. The summed E-state index contributed by atoms with van der Waals surface area (Å²) < 4.78 is 2.76. The molecule has 8 rings (SSSR count). The molecular weight excluding hydrogens is 605 g/mol. The number of nitrogens with zero attached hydrogens (tertiary/aromatic N) is 3. The molecule has 0 atom stereocenters. The van der Waals surface area contributed by atoms with E-state index in [9.17, 15) is 0 Å². The second-order valence-corrected chi connectivity index (χ2v) is 11.3. The molecule has 0 fully saturated rings. The van der Waals surface area contributed by atoms with E-state index < -0.39 is 0 Å². The lowest BCUT2D eigenvalue weighted by atomic mass is 10.2. The second-order valence-electron chi connectivity index (χ2n) is 9.11. The number of nitrogens with one attached hydrogen (secondary N) is 2. The number of benzene rings is 5. The minimum atomic E-state index is 0.0227. The van der Waals surface area contributed by atoms with Crippen molar-refractivity contribution in [1.29, 1.82) is 0 Å². The summed E-state index contributed by atoms with van der Waals surface area (Å²) in [7, 11) is 0. The van der Waals surface area contributed by atoms with Crippen LogP contribution in [0.3, 0.4) is 0 Å². The van der Waals surface area contributed by atoms with Gasteiger partial charge in [-0.15, -0.1) is 11.3 Å². The first kappa shape index (κ1) is 27.9. The molecule has 0 bridgehead atoms. The van der Waals surface area contributed by atoms with Gasteiger partial charge in [-0.05, 0) is 59.6 Å². The number of fused-ring (bicyclic) bond motifs is 6. The van der Waals surface area contributed by atoms with Crippen LogP contribution in [0.2, 0.25) is 15.6 Å². The van der Waals surface area contributed by atoms with Crippen molar-refractivity contribution in [3.63, 3.8) is 0 Å². The fourth-order valence-electron chi connectivity index (χ4n) is 4.54. The fourth-order valence-corrected chi connectivity index (χ4v) is 6.19. The largest absolute Gasteiger partial charge is 0.355 e. The number of hydrogen-bond donors (Lipinski definition) is 2. The van der Waals surface area contributed by atoms with Crippen molar-refractivity contribution in [3.05, 3.63) is 137 Å². The topological polar surface area (TPSA) is 66.5 Å². The second kappa shape index (κ2) is 12.8. The summed E-state index contributed by atoms with van der Waals surface area (Å²) in [6.07, 6.45) is 0. The van der Waals surface area contributed by atoms with Crippen molar-refractivity contribution in [2.24, 2.45) is 0 Å². The van der Waals surface area contributed by atoms with Crippen LogP contribution in [0, 0.1) is 0 Å². The lowest BCUT2D eigenvalue weighted by Crippen LogP contribution is -1.99. The van der Waals surface area contributed by atoms with Crippen molar-refractivity contribution in [3.8, 4) is 0 Å². The van der Waals surface area contributed by atoms with Crippen molar-refractivity contribution >= 4 is 99.8 Å². The van der Waals surface area contributed by atoms with Gasteiger partial charge in [-0.1, -0.05) is 96.5 Å². The van der Waals surface area contributed by atoms with E-state index in [-0.39, 0.29) is 16.5 Å². The van der Waals surface area contributed by atoms with Crippen molar-refractivity contribution in [1.82, 2.24) is 19.9 Å². The van der Waals surface area contributed by atoms with E-state index in [4.69, 9.17) is 34.8 Å². The summed E-state index contributed by atoms with van der Waals surface area (Å²) in [5, 5.41) is 8.85. The molecule has 0 radical (unpaired) electrons. The molecule has 0 spiro atoms. The summed E-state index contributed by atoms with van der Waals surface area (Å²) in [6, 6.07) is 41.1. The normalized spacial score (nSPS) is 10.7. The zero-order valence-corrected chi connectivity index (χ0v) is 25.0. The van der Waals surface area contributed by atoms with Gasteiger partial charge in [0.25, 0.3) is 0 Å². The Morgan fingerprint density at radius 3 is 1.50 bits per heavy atom. The molecule has 9 heteroatoms. The van der Waals surface area contributed by atoms with Gasteiger partial charge in [0.2, 0.25) is 16.5 Å². The van der Waals surface area contributed by atoms with Crippen LogP contribution >= 0.6 is 46.1 Å². The lowest BCUT2D eigenvalue weighted by molar-refractivity contribution is 1.05.